The molecule has 1 aromatic carbocycles. The standard InChI is InChI=1S/C21H25N5O4/c1-3-5-11-25(17-18(22)26(10-4-2)21(30)24-19(17)28)20(29)14-12-16(27)23-15-9-7-6-8-13(14)15/h6-9,12H,3-5,10-11,22H2,1-2H3,(H,23,27)(H,24,28,30). The summed E-state index contributed by atoms with van der Waals surface area (Å²) in [6.45, 7) is 4.35. The Kier molecular flexibility index (Phi) is 6.20. The van der Waals surface area contributed by atoms with Crippen LogP contribution in [0.4, 0.5) is 11.5 Å². The maximum atomic E-state index is 13.6. The second-order valence-electron chi connectivity index (χ2n) is 7.05. The summed E-state index contributed by atoms with van der Waals surface area (Å²) in [4.78, 5) is 56.8. The van der Waals surface area contributed by atoms with Gasteiger partial charge in [0.1, 0.15) is 5.82 Å². The van der Waals surface area contributed by atoms with Crippen molar-refractivity contribution < 1.29 is 4.79 Å². The summed E-state index contributed by atoms with van der Waals surface area (Å²) in [6.07, 6.45) is 2.00. The van der Waals surface area contributed by atoms with Gasteiger partial charge in [0.05, 0.1) is 5.56 Å². The van der Waals surface area contributed by atoms with Crippen molar-refractivity contribution in [3.63, 3.8) is 0 Å². The highest BCUT2D eigenvalue weighted by Gasteiger charge is 2.26. The molecule has 0 saturated heterocycles. The molecule has 0 radical (unpaired) electrons. The molecule has 30 heavy (non-hydrogen) atoms. The number of H-pyrrole nitrogens is 2. The monoisotopic (exact) mass is 411 g/mol. The lowest BCUT2D eigenvalue weighted by atomic mass is 10.1. The number of pyridine rings is 1. The van der Waals surface area contributed by atoms with Crippen LogP contribution in [0.2, 0.25) is 0 Å². The maximum Gasteiger partial charge on any atom is 0.330 e. The SMILES string of the molecule is CCCCN(C(=O)c1cc(=O)[nH]c2ccccc12)c1c(N)n(CCC)c(=O)[nH]c1=O. The van der Waals surface area contributed by atoms with Crippen molar-refractivity contribution in [1.82, 2.24) is 14.5 Å². The van der Waals surface area contributed by atoms with Crippen LogP contribution in [0, 0.1) is 0 Å². The number of hydrogen-bond acceptors (Lipinski definition) is 5. The minimum Gasteiger partial charge on any atom is -0.383 e. The number of rotatable bonds is 7. The third kappa shape index (κ3) is 3.91. The number of nitrogens with zero attached hydrogens (tertiary/aromatic N) is 2. The molecule has 9 heteroatoms. The lowest BCUT2D eigenvalue weighted by Crippen LogP contribution is -2.42. The van der Waals surface area contributed by atoms with Crippen molar-refractivity contribution in [2.45, 2.75) is 39.7 Å². The van der Waals surface area contributed by atoms with Gasteiger partial charge in [0.2, 0.25) is 5.56 Å². The number of aromatic amines is 2. The summed E-state index contributed by atoms with van der Waals surface area (Å²) in [5, 5.41) is 0.556. The van der Waals surface area contributed by atoms with Crippen LogP contribution in [0.1, 0.15) is 43.5 Å². The van der Waals surface area contributed by atoms with E-state index in [9.17, 15) is 19.2 Å². The molecule has 0 bridgehead atoms. The molecule has 3 aromatic rings. The van der Waals surface area contributed by atoms with Gasteiger partial charge in [0, 0.05) is 30.1 Å². The molecule has 0 unspecified atom stereocenters. The van der Waals surface area contributed by atoms with Crippen LogP contribution in [0.5, 0.6) is 0 Å². The van der Waals surface area contributed by atoms with Crippen molar-refractivity contribution in [3.05, 3.63) is 67.1 Å². The summed E-state index contributed by atoms with van der Waals surface area (Å²) in [7, 11) is 0. The summed E-state index contributed by atoms with van der Waals surface area (Å²) in [6, 6.07) is 8.16. The maximum absolute atomic E-state index is 13.6. The largest absolute Gasteiger partial charge is 0.383 e. The number of amides is 1. The molecule has 0 aliphatic rings. The number of nitrogen functional groups attached to an aromatic ring is 1. The number of fused-ring (bicyclic) bond motifs is 1. The van der Waals surface area contributed by atoms with E-state index in [4.69, 9.17) is 5.73 Å². The molecule has 0 fully saturated rings. The number of hydrogen-bond donors (Lipinski definition) is 3. The highest BCUT2D eigenvalue weighted by molar-refractivity contribution is 6.14. The number of para-hydroxylation sites is 1. The Hall–Kier alpha value is -3.62. The van der Waals surface area contributed by atoms with Gasteiger partial charge in [-0.25, -0.2) is 4.79 Å². The second-order valence-corrected chi connectivity index (χ2v) is 7.05. The van der Waals surface area contributed by atoms with Crippen molar-refractivity contribution in [1.29, 1.82) is 0 Å². The number of benzene rings is 1. The van der Waals surface area contributed by atoms with E-state index in [1.54, 1.807) is 24.3 Å². The molecule has 3 rings (SSSR count). The first-order valence-corrected chi connectivity index (χ1v) is 9.95. The van der Waals surface area contributed by atoms with E-state index < -0.39 is 22.7 Å². The normalized spacial score (nSPS) is 11.0. The van der Waals surface area contributed by atoms with Crippen molar-refractivity contribution in [2.24, 2.45) is 0 Å². The Morgan fingerprint density at radius 3 is 2.53 bits per heavy atom. The average molecular weight is 411 g/mol. The van der Waals surface area contributed by atoms with Crippen LogP contribution in [0.3, 0.4) is 0 Å². The number of unbranched alkanes of at least 4 members (excludes halogenated alkanes) is 1. The van der Waals surface area contributed by atoms with Gasteiger partial charge in [0.15, 0.2) is 5.69 Å². The van der Waals surface area contributed by atoms with Crippen LogP contribution in [0.25, 0.3) is 10.9 Å². The van der Waals surface area contributed by atoms with E-state index in [0.717, 1.165) is 6.42 Å². The van der Waals surface area contributed by atoms with Crippen LogP contribution in [-0.4, -0.2) is 27.0 Å². The van der Waals surface area contributed by atoms with Gasteiger partial charge in [-0.3, -0.25) is 23.9 Å². The number of aromatic nitrogens is 3. The van der Waals surface area contributed by atoms with E-state index >= 15 is 0 Å². The molecule has 2 aromatic heterocycles. The van der Waals surface area contributed by atoms with Gasteiger partial charge < -0.3 is 15.6 Å². The number of carbonyl (C=O) groups excluding carboxylic acids is 1. The molecule has 2 heterocycles. The molecular weight excluding hydrogens is 386 g/mol. The fourth-order valence-corrected chi connectivity index (χ4v) is 3.44. The van der Waals surface area contributed by atoms with E-state index in [-0.39, 0.29) is 23.6 Å². The summed E-state index contributed by atoms with van der Waals surface area (Å²) in [5.74, 6) is -0.589. The summed E-state index contributed by atoms with van der Waals surface area (Å²) in [5.41, 5.74) is 5.01. The van der Waals surface area contributed by atoms with Gasteiger partial charge >= 0.3 is 5.69 Å². The molecule has 1 amide bonds. The van der Waals surface area contributed by atoms with E-state index in [2.05, 4.69) is 9.97 Å². The van der Waals surface area contributed by atoms with Crippen LogP contribution >= 0.6 is 0 Å². The van der Waals surface area contributed by atoms with Gasteiger partial charge in [-0.2, -0.15) is 0 Å². The van der Waals surface area contributed by atoms with E-state index in [1.165, 1.54) is 15.5 Å². The van der Waals surface area contributed by atoms with Crippen LogP contribution in [-0.2, 0) is 6.54 Å². The van der Waals surface area contributed by atoms with Gasteiger partial charge in [-0.05, 0) is 18.9 Å². The highest BCUT2D eigenvalue weighted by Crippen LogP contribution is 2.23. The topological polar surface area (TPSA) is 134 Å². The predicted octanol–water partition coefficient (Wildman–Crippen LogP) is 1.82. The fraction of sp³-hybridized carbons (Fsp3) is 0.333. The predicted molar refractivity (Wildman–Crippen MR) is 117 cm³/mol. The number of carbonyl (C=O) groups is 1. The lowest BCUT2D eigenvalue weighted by Gasteiger charge is -2.25. The average Bonchev–Trinajstić information content (AvgIpc) is 2.72. The molecular formula is C21H25N5O4. The quantitative estimate of drug-likeness (QED) is 0.545. The van der Waals surface area contributed by atoms with Gasteiger partial charge in [0.25, 0.3) is 11.5 Å². The van der Waals surface area contributed by atoms with E-state index in [0.29, 0.717) is 30.3 Å². The molecule has 9 nitrogen and oxygen atoms in total. The molecule has 0 spiro atoms. The van der Waals surface area contributed by atoms with Crippen molar-refractivity contribution in [2.75, 3.05) is 17.2 Å². The molecule has 0 aliphatic carbocycles. The minimum atomic E-state index is -0.733. The van der Waals surface area contributed by atoms with E-state index in [1.807, 2.05) is 13.8 Å². The Bertz CT molecular complexity index is 1250. The fourth-order valence-electron chi connectivity index (χ4n) is 3.44. The number of nitrogens with two attached hydrogens (primary N) is 1. The first-order chi connectivity index (χ1) is 14.4. The highest BCUT2D eigenvalue weighted by atomic mass is 16.2. The third-order valence-corrected chi connectivity index (χ3v) is 4.89. The second kappa shape index (κ2) is 8.81. The number of nitrogens with one attached hydrogen (secondary N) is 2. The smallest absolute Gasteiger partial charge is 0.330 e. The first-order valence-electron chi connectivity index (χ1n) is 9.95. The summed E-state index contributed by atoms with van der Waals surface area (Å²) >= 11 is 0. The zero-order chi connectivity index (χ0) is 21.8. The molecule has 0 saturated carbocycles. The van der Waals surface area contributed by atoms with Crippen LogP contribution < -0.4 is 27.4 Å². The Labute approximate surface area is 172 Å². The molecule has 158 valence electrons. The number of anilines is 2. The van der Waals surface area contributed by atoms with Gasteiger partial charge in [-0.1, -0.05) is 38.5 Å². The Balaban J connectivity index is 2.24. The van der Waals surface area contributed by atoms with Crippen LogP contribution in [0.15, 0.2) is 44.7 Å². The Morgan fingerprint density at radius 1 is 1.10 bits per heavy atom. The molecule has 0 atom stereocenters. The first kappa shape index (κ1) is 21.1. The zero-order valence-corrected chi connectivity index (χ0v) is 17.0. The van der Waals surface area contributed by atoms with Crippen molar-refractivity contribution >= 4 is 28.3 Å². The summed E-state index contributed by atoms with van der Waals surface area (Å²) < 4.78 is 1.25. The third-order valence-electron chi connectivity index (χ3n) is 4.89. The minimum absolute atomic E-state index is 0.0656. The Morgan fingerprint density at radius 2 is 1.83 bits per heavy atom. The lowest BCUT2D eigenvalue weighted by molar-refractivity contribution is 0.0987. The van der Waals surface area contributed by atoms with Gasteiger partial charge in [-0.15, -0.1) is 0 Å². The van der Waals surface area contributed by atoms with Crippen molar-refractivity contribution in [3.8, 4) is 0 Å². The molecule has 0 aliphatic heterocycles. The zero-order valence-electron chi connectivity index (χ0n) is 17.0. The molecule has 4 N–H and O–H groups in total.